The Morgan fingerprint density at radius 3 is 2.89 bits per heavy atom. The highest BCUT2D eigenvalue weighted by atomic mass is 79.9. The Labute approximate surface area is 120 Å². The van der Waals surface area contributed by atoms with Gasteiger partial charge in [0.25, 0.3) is 5.91 Å². The summed E-state index contributed by atoms with van der Waals surface area (Å²) in [5.74, 6) is -0.100. The largest absolute Gasteiger partial charge is 0.310 e. The second kappa shape index (κ2) is 5.52. The lowest BCUT2D eigenvalue weighted by Gasteiger charge is -2.18. The van der Waals surface area contributed by atoms with Gasteiger partial charge < -0.3 is 4.90 Å². The van der Waals surface area contributed by atoms with Gasteiger partial charge in [0.15, 0.2) is 0 Å². The highest BCUT2D eigenvalue weighted by Gasteiger charge is 2.21. The molecule has 2 heterocycles. The Morgan fingerprint density at radius 2 is 2.26 bits per heavy atom. The van der Waals surface area contributed by atoms with E-state index < -0.39 is 0 Å². The fourth-order valence-corrected chi connectivity index (χ4v) is 2.30. The van der Waals surface area contributed by atoms with Gasteiger partial charge in [-0.25, -0.2) is 0 Å². The first-order valence-corrected chi connectivity index (χ1v) is 6.76. The summed E-state index contributed by atoms with van der Waals surface area (Å²) < 4.78 is 2.38. The average Bonchev–Trinajstić information content (AvgIpc) is 2.78. The molecule has 0 radical (unpaired) electrons. The summed E-state index contributed by atoms with van der Waals surface area (Å²) in [5, 5.41) is 4.16. The summed E-state index contributed by atoms with van der Waals surface area (Å²) in [6.45, 7) is 4.50. The van der Waals surface area contributed by atoms with Gasteiger partial charge >= 0.3 is 0 Å². The molecule has 0 fully saturated rings. The van der Waals surface area contributed by atoms with E-state index in [0.29, 0.717) is 16.7 Å². The molecule has 0 saturated heterocycles. The number of rotatable bonds is 3. The van der Waals surface area contributed by atoms with Crippen LogP contribution < -0.4 is 4.90 Å². The Bertz CT molecular complexity index is 608. The first-order chi connectivity index (χ1) is 9.04. The molecular weight excluding hydrogens is 308 g/mol. The SMILES string of the molecule is CCn1ncc(Br)c1C(=O)N(C)c1ccnc(C)c1. The second-order valence-corrected chi connectivity index (χ2v) is 5.03. The third-order valence-corrected chi connectivity index (χ3v) is 3.45. The maximum atomic E-state index is 12.5. The van der Waals surface area contributed by atoms with E-state index in [4.69, 9.17) is 0 Å². The fraction of sp³-hybridized carbons (Fsp3) is 0.308. The quantitative estimate of drug-likeness (QED) is 0.872. The van der Waals surface area contributed by atoms with Gasteiger partial charge in [-0.3, -0.25) is 14.5 Å². The average molecular weight is 323 g/mol. The van der Waals surface area contributed by atoms with Crippen molar-refractivity contribution in [2.45, 2.75) is 20.4 Å². The molecule has 0 bridgehead atoms. The van der Waals surface area contributed by atoms with Crippen LogP contribution in [-0.2, 0) is 6.54 Å². The van der Waals surface area contributed by atoms with Crippen LogP contribution in [0.1, 0.15) is 23.1 Å². The molecule has 0 N–H and O–H groups in total. The van der Waals surface area contributed by atoms with Gasteiger partial charge in [0.2, 0.25) is 0 Å². The third kappa shape index (κ3) is 2.68. The number of hydrogen-bond donors (Lipinski definition) is 0. The topological polar surface area (TPSA) is 51.0 Å². The predicted molar refractivity (Wildman–Crippen MR) is 77.3 cm³/mol. The van der Waals surface area contributed by atoms with Crippen molar-refractivity contribution in [2.24, 2.45) is 0 Å². The zero-order chi connectivity index (χ0) is 14.0. The van der Waals surface area contributed by atoms with Gasteiger partial charge in [0.05, 0.1) is 10.7 Å². The van der Waals surface area contributed by atoms with Crippen LogP contribution in [-0.4, -0.2) is 27.7 Å². The molecule has 0 aromatic carbocycles. The monoisotopic (exact) mass is 322 g/mol. The summed E-state index contributed by atoms with van der Waals surface area (Å²) in [5.41, 5.74) is 2.24. The van der Waals surface area contributed by atoms with Crippen molar-refractivity contribution in [3.63, 3.8) is 0 Å². The van der Waals surface area contributed by atoms with E-state index in [0.717, 1.165) is 11.4 Å². The van der Waals surface area contributed by atoms with Crippen LogP contribution in [0.5, 0.6) is 0 Å². The first-order valence-electron chi connectivity index (χ1n) is 5.96. The van der Waals surface area contributed by atoms with Crippen LogP contribution in [0.4, 0.5) is 5.69 Å². The predicted octanol–water partition coefficient (Wildman–Crippen LogP) is 2.65. The number of aromatic nitrogens is 3. The molecule has 0 unspecified atom stereocenters. The lowest BCUT2D eigenvalue weighted by atomic mass is 10.3. The molecule has 0 atom stereocenters. The molecule has 2 aromatic rings. The number of aryl methyl sites for hydroxylation is 2. The summed E-state index contributed by atoms with van der Waals surface area (Å²) in [7, 11) is 1.75. The van der Waals surface area contributed by atoms with Crippen molar-refractivity contribution in [3.05, 3.63) is 40.4 Å². The van der Waals surface area contributed by atoms with Crippen LogP contribution in [0.3, 0.4) is 0 Å². The molecule has 0 aliphatic carbocycles. The van der Waals surface area contributed by atoms with E-state index in [2.05, 4.69) is 26.0 Å². The number of amides is 1. The van der Waals surface area contributed by atoms with E-state index in [1.54, 1.807) is 29.0 Å². The minimum atomic E-state index is -0.100. The van der Waals surface area contributed by atoms with Crippen LogP contribution in [0, 0.1) is 6.92 Å². The molecule has 0 spiro atoms. The zero-order valence-electron chi connectivity index (χ0n) is 11.1. The maximum absolute atomic E-state index is 12.5. The molecule has 19 heavy (non-hydrogen) atoms. The molecule has 0 aliphatic heterocycles. The van der Waals surface area contributed by atoms with Crippen molar-refractivity contribution in [1.82, 2.24) is 14.8 Å². The van der Waals surface area contributed by atoms with Crippen molar-refractivity contribution in [3.8, 4) is 0 Å². The van der Waals surface area contributed by atoms with Gasteiger partial charge in [-0.05, 0) is 41.9 Å². The van der Waals surface area contributed by atoms with Crippen molar-refractivity contribution in [2.75, 3.05) is 11.9 Å². The van der Waals surface area contributed by atoms with Crippen molar-refractivity contribution in [1.29, 1.82) is 0 Å². The Balaban J connectivity index is 2.36. The molecule has 1 amide bonds. The normalized spacial score (nSPS) is 10.5. The van der Waals surface area contributed by atoms with E-state index in [9.17, 15) is 4.79 Å². The lowest BCUT2D eigenvalue weighted by Crippen LogP contribution is -2.29. The van der Waals surface area contributed by atoms with Crippen molar-refractivity contribution >= 4 is 27.5 Å². The van der Waals surface area contributed by atoms with Gasteiger partial charge in [0, 0.05) is 31.2 Å². The Morgan fingerprint density at radius 1 is 1.53 bits per heavy atom. The van der Waals surface area contributed by atoms with Gasteiger partial charge in [0.1, 0.15) is 5.69 Å². The lowest BCUT2D eigenvalue weighted by molar-refractivity contribution is 0.0982. The molecule has 2 rings (SSSR count). The molecule has 6 heteroatoms. The van der Waals surface area contributed by atoms with E-state index >= 15 is 0 Å². The maximum Gasteiger partial charge on any atom is 0.277 e. The van der Waals surface area contributed by atoms with Crippen molar-refractivity contribution < 1.29 is 4.79 Å². The summed E-state index contributed by atoms with van der Waals surface area (Å²) in [6, 6.07) is 3.68. The number of pyridine rings is 1. The number of halogens is 1. The van der Waals surface area contributed by atoms with Gasteiger partial charge in [-0.1, -0.05) is 0 Å². The second-order valence-electron chi connectivity index (χ2n) is 4.18. The minimum Gasteiger partial charge on any atom is -0.310 e. The van der Waals surface area contributed by atoms with Crippen LogP contribution in [0.25, 0.3) is 0 Å². The fourth-order valence-electron chi connectivity index (χ4n) is 1.83. The molecule has 5 nitrogen and oxygen atoms in total. The summed E-state index contributed by atoms with van der Waals surface area (Å²) in [4.78, 5) is 18.3. The minimum absolute atomic E-state index is 0.100. The first kappa shape index (κ1) is 13.7. The Kier molecular flexibility index (Phi) is 3.99. The number of hydrogen-bond acceptors (Lipinski definition) is 3. The number of nitrogens with zero attached hydrogens (tertiary/aromatic N) is 4. The highest BCUT2D eigenvalue weighted by Crippen LogP contribution is 2.21. The van der Waals surface area contributed by atoms with E-state index in [1.165, 1.54) is 0 Å². The third-order valence-electron chi connectivity index (χ3n) is 2.87. The number of carbonyl (C=O) groups excluding carboxylic acids is 1. The standard InChI is InChI=1S/C13H15BrN4O/c1-4-18-12(11(14)8-16-18)13(19)17(3)10-5-6-15-9(2)7-10/h5-8H,4H2,1-3H3. The van der Waals surface area contributed by atoms with Crippen LogP contribution in [0.2, 0.25) is 0 Å². The molecular formula is C13H15BrN4O. The molecule has 100 valence electrons. The number of carbonyl (C=O) groups is 1. The van der Waals surface area contributed by atoms with Crippen LogP contribution in [0.15, 0.2) is 29.0 Å². The van der Waals surface area contributed by atoms with Crippen LogP contribution >= 0.6 is 15.9 Å². The Hall–Kier alpha value is -1.69. The molecule has 2 aromatic heterocycles. The van der Waals surface area contributed by atoms with E-state index in [1.807, 2.05) is 26.0 Å². The highest BCUT2D eigenvalue weighted by molar-refractivity contribution is 9.10. The molecule has 0 aliphatic rings. The summed E-state index contributed by atoms with van der Waals surface area (Å²) >= 11 is 3.37. The zero-order valence-corrected chi connectivity index (χ0v) is 12.7. The van der Waals surface area contributed by atoms with E-state index in [-0.39, 0.29) is 5.91 Å². The summed E-state index contributed by atoms with van der Waals surface area (Å²) in [6.07, 6.45) is 3.34. The smallest absolute Gasteiger partial charge is 0.277 e. The van der Waals surface area contributed by atoms with Gasteiger partial charge in [-0.15, -0.1) is 0 Å². The van der Waals surface area contributed by atoms with Gasteiger partial charge in [-0.2, -0.15) is 5.10 Å². The molecule has 0 saturated carbocycles. The number of anilines is 1.